The Kier molecular flexibility index (Phi) is 9.76. The van der Waals surface area contributed by atoms with E-state index in [9.17, 15) is 4.79 Å². The summed E-state index contributed by atoms with van der Waals surface area (Å²) in [6.45, 7) is 7.05. The molecule has 0 fully saturated rings. The molecule has 1 heterocycles. The van der Waals surface area contributed by atoms with Crippen LogP contribution >= 0.6 is 11.8 Å². The van der Waals surface area contributed by atoms with Crippen molar-refractivity contribution in [2.75, 3.05) is 12.9 Å². The van der Waals surface area contributed by atoms with E-state index >= 15 is 0 Å². The number of aromatic nitrogens is 3. The highest BCUT2D eigenvalue weighted by atomic mass is 32.2. The number of nitrogens with one attached hydrogen (secondary N) is 1. The number of hydrogen-bond acceptors (Lipinski definition) is 7. The van der Waals surface area contributed by atoms with Gasteiger partial charge in [-0.3, -0.25) is 9.36 Å². The molecule has 5 aromatic rings. The third kappa shape index (κ3) is 7.93. The molecule has 4 aromatic carbocycles. The molecule has 0 saturated carbocycles. The third-order valence-electron chi connectivity index (χ3n) is 6.84. The van der Waals surface area contributed by atoms with Crippen LogP contribution in [0.1, 0.15) is 37.5 Å². The summed E-state index contributed by atoms with van der Waals surface area (Å²) in [5.74, 6) is 2.05. The highest BCUT2D eigenvalue weighted by Gasteiger charge is 2.19. The second-order valence-corrected chi connectivity index (χ2v) is 12.0. The number of hydrazone groups is 1. The summed E-state index contributed by atoms with van der Waals surface area (Å²) >= 11 is 1.29. The highest BCUT2D eigenvalue weighted by Crippen LogP contribution is 2.31. The Bertz CT molecular complexity index is 1690. The van der Waals surface area contributed by atoms with E-state index in [1.54, 1.807) is 13.3 Å². The number of amides is 1. The van der Waals surface area contributed by atoms with E-state index in [-0.39, 0.29) is 17.1 Å². The summed E-state index contributed by atoms with van der Waals surface area (Å²) in [5, 5.41) is 13.7. The maximum Gasteiger partial charge on any atom is 0.250 e. The zero-order valence-electron chi connectivity index (χ0n) is 25.2. The van der Waals surface area contributed by atoms with E-state index in [0.29, 0.717) is 17.6 Å². The van der Waals surface area contributed by atoms with Crippen molar-refractivity contribution in [1.29, 1.82) is 0 Å². The number of nitrogens with zero attached hydrogens (tertiary/aromatic N) is 4. The number of thioether (sulfide) groups is 1. The normalized spacial score (nSPS) is 11.5. The van der Waals surface area contributed by atoms with E-state index in [2.05, 4.69) is 65.8 Å². The smallest absolute Gasteiger partial charge is 0.250 e. The van der Waals surface area contributed by atoms with Crippen LogP contribution in [0.25, 0.3) is 17.1 Å². The topological polar surface area (TPSA) is 90.6 Å². The predicted molar refractivity (Wildman–Crippen MR) is 176 cm³/mol. The Hall–Kier alpha value is -4.89. The minimum Gasteiger partial charge on any atom is -0.497 e. The lowest BCUT2D eigenvalue weighted by Crippen LogP contribution is -2.20. The van der Waals surface area contributed by atoms with Gasteiger partial charge in [-0.2, -0.15) is 5.10 Å². The summed E-state index contributed by atoms with van der Waals surface area (Å²) in [7, 11) is 1.63. The Labute approximate surface area is 262 Å². The molecule has 0 unspecified atom stereocenters. The molecule has 9 heteroatoms. The van der Waals surface area contributed by atoms with E-state index < -0.39 is 0 Å². The lowest BCUT2D eigenvalue weighted by atomic mass is 9.87. The summed E-state index contributed by atoms with van der Waals surface area (Å²) < 4.78 is 13.1. The van der Waals surface area contributed by atoms with Gasteiger partial charge in [0.1, 0.15) is 18.1 Å². The lowest BCUT2D eigenvalue weighted by Gasteiger charge is -2.19. The number of carbonyl (C=O) groups is 1. The molecule has 0 aliphatic carbocycles. The van der Waals surface area contributed by atoms with Crippen LogP contribution in [0.3, 0.4) is 0 Å². The zero-order chi connectivity index (χ0) is 30.9. The van der Waals surface area contributed by atoms with Crippen molar-refractivity contribution in [1.82, 2.24) is 20.2 Å². The standard InChI is InChI=1S/C35H35N5O3S/c1-35(2,3)28-14-12-27(13-15-28)33-38-39-34(40(33)29-16-20-30(42-4)21-17-29)44-24-32(41)37-36-22-25-10-18-31(19-11-25)43-23-26-8-6-5-7-9-26/h5-22H,23-24H2,1-4H3,(H,37,41). The molecule has 5 rings (SSSR count). The molecule has 0 aliphatic heterocycles. The van der Waals surface area contributed by atoms with E-state index in [1.807, 2.05) is 83.4 Å². The second-order valence-electron chi connectivity index (χ2n) is 11.1. The van der Waals surface area contributed by atoms with Gasteiger partial charge in [0.25, 0.3) is 5.91 Å². The van der Waals surface area contributed by atoms with Gasteiger partial charge in [-0.15, -0.1) is 10.2 Å². The number of rotatable bonds is 11. The number of methoxy groups -OCH3 is 1. The number of benzene rings is 4. The molecule has 0 bridgehead atoms. The molecular weight excluding hydrogens is 570 g/mol. The molecule has 224 valence electrons. The van der Waals surface area contributed by atoms with Crippen LogP contribution < -0.4 is 14.9 Å². The van der Waals surface area contributed by atoms with Crippen LogP contribution in [-0.2, 0) is 16.8 Å². The minimum absolute atomic E-state index is 0.0411. The van der Waals surface area contributed by atoms with Crippen molar-refractivity contribution in [2.24, 2.45) is 5.10 Å². The Morgan fingerprint density at radius 1 is 0.886 bits per heavy atom. The van der Waals surface area contributed by atoms with Crippen LogP contribution in [-0.4, -0.2) is 39.7 Å². The first-order valence-corrected chi connectivity index (χ1v) is 15.2. The third-order valence-corrected chi connectivity index (χ3v) is 7.77. The fourth-order valence-corrected chi connectivity index (χ4v) is 5.11. The lowest BCUT2D eigenvalue weighted by molar-refractivity contribution is -0.118. The summed E-state index contributed by atoms with van der Waals surface area (Å²) in [5.41, 5.74) is 7.61. The van der Waals surface area contributed by atoms with Gasteiger partial charge in [0.2, 0.25) is 0 Å². The van der Waals surface area contributed by atoms with Crippen molar-refractivity contribution in [3.05, 3.63) is 120 Å². The van der Waals surface area contributed by atoms with Gasteiger partial charge in [-0.25, -0.2) is 5.43 Å². The van der Waals surface area contributed by atoms with Crippen molar-refractivity contribution < 1.29 is 14.3 Å². The van der Waals surface area contributed by atoms with E-state index in [4.69, 9.17) is 9.47 Å². The first-order chi connectivity index (χ1) is 21.3. The van der Waals surface area contributed by atoms with Crippen molar-refractivity contribution in [3.63, 3.8) is 0 Å². The first kappa shape index (κ1) is 30.6. The quantitative estimate of drug-likeness (QED) is 0.0985. The number of ether oxygens (including phenoxy) is 2. The molecule has 1 aromatic heterocycles. The molecular formula is C35H35N5O3S. The van der Waals surface area contributed by atoms with E-state index in [0.717, 1.165) is 33.9 Å². The summed E-state index contributed by atoms with van der Waals surface area (Å²) in [6, 6.07) is 33.5. The van der Waals surface area contributed by atoms with Crippen LogP contribution in [0.4, 0.5) is 0 Å². The zero-order valence-corrected chi connectivity index (χ0v) is 26.0. The van der Waals surface area contributed by atoms with Gasteiger partial charge in [-0.1, -0.05) is 87.1 Å². The van der Waals surface area contributed by atoms with Crippen molar-refractivity contribution in [3.8, 4) is 28.6 Å². The molecule has 44 heavy (non-hydrogen) atoms. The highest BCUT2D eigenvalue weighted by molar-refractivity contribution is 7.99. The van der Waals surface area contributed by atoms with E-state index in [1.165, 1.54) is 17.3 Å². The molecule has 0 radical (unpaired) electrons. The molecule has 0 atom stereocenters. The minimum atomic E-state index is -0.255. The average Bonchev–Trinajstić information content (AvgIpc) is 3.47. The molecule has 1 amide bonds. The van der Waals surface area contributed by atoms with Gasteiger partial charge in [0.05, 0.1) is 19.1 Å². The number of hydrogen-bond donors (Lipinski definition) is 1. The van der Waals surface area contributed by atoms with Gasteiger partial charge < -0.3 is 9.47 Å². The van der Waals surface area contributed by atoms with Gasteiger partial charge in [0, 0.05) is 11.3 Å². The largest absolute Gasteiger partial charge is 0.497 e. The van der Waals surface area contributed by atoms with Gasteiger partial charge >= 0.3 is 0 Å². The Balaban J connectivity index is 1.23. The summed E-state index contributed by atoms with van der Waals surface area (Å²) in [6.07, 6.45) is 1.60. The van der Waals surface area contributed by atoms with Crippen LogP contribution in [0.5, 0.6) is 11.5 Å². The second kappa shape index (κ2) is 14.1. The van der Waals surface area contributed by atoms with Crippen molar-refractivity contribution in [2.45, 2.75) is 37.9 Å². The van der Waals surface area contributed by atoms with Gasteiger partial charge in [0.15, 0.2) is 11.0 Å². The molecule has 0 aliphatic rings. The first-order valence-electron chi connectivity index (χ1n) is 14.2. The fraction of sp³-hybridized carbons (Fsp3) is 0.200. The Morgan fingerprint density at radius 3 is 2.23 bits per heavy atom. The molecule has 1 N–H and O–H groups in total. The van der Waals surface area contributed by atoms with Crippen molar-refractivity contribution >= 4 is 23.9 Å². The monoisotopic (exact) mass is 605 g/mol. The molecule has 0 saturated heterocycles. The molecule has 0 spiro atoms. The van der Waals surface area contributed by atoms with Crippen LogP contribution in [0.2, 0.25) is 0 Å². The number of carbonyl (C=O) groups excluding carboxylic acids is 1. The maximum absolute atomic E-state index is 12.7. The Morgan fingerprint density at radius 2 is 1.57 bits per heavy atom. The fourth-order valence-electron chi connectivity index (χ4n) is 4.37. The maximum atomic E-state index is 12.7. The molecule has 8 nitrogen and oxygen atoms in total. The summed E-state index contributed by atoms with van der Waals surface area (Å²) in [4.78, 5) is 12.7. The predicted octanol–water partition coefficient (Wildman–Crippen LogP) is 7.06. The SMILES string of the molecule is COc1ccc(-n2c(SCC(=O)NN=Cc3ccc(OCc4ccccc4)cc3)nnc2-c2ccc(C(C)(C)C)cc2)cc1. The average molecular weight is 606 g/mol. The van der Waals surface area contributed by atoms with Gasteiger partial charge in [-0.05, 0) is 70.6 Å². The van der Waals surface area contributed by atoms with Crippen LogP contribution in [0, 0.1) is 0 Å². The van der Waals surface area contributed by atoms with Crippen LogP contribution in [0.15, 0.2) is 113 Å².